The number of halogens is 2. The lowest BCUT2D eigenvalue weighted by atomic mass is 10.4. The lowest BCUT2D eigenvalue weighted by molar-refractivity contribution is 1.09. The van der Waals surface area contributed by atoms with Crippen molar-refractivity contribution in [2.45, 2.75) is 9.92 Å². The van der Waals surface area contributed by atoms with Crippen molar-refractivity contribution in [3.8, 4) is 0 Å². The van der Waals surface area contributed by atoms with Crippen molar-refractivity contribution >= 4 is 46.0 Å². The van der Waals surface area contributed by atoms with Gasteiger partial charge in [-0.15, -0.1) is 0 Å². The maximum absolute atomic E-state index is 5.99. The topological polar surface area (TPSA) is 41.6 Å². The summed E-state index contributed by atoms with van der Waals surface area (Å²) < 4.78 is 0. The van der Waals surface area contributed by atoms with Crippen LogP contribution in [0.4, 0.5) is 0 Å². The molecule has 18 heavy (non-hydrogen) atoms. The lowest BCUT2D eigenvalue weighted by Crippen LogP contribution is -1.84. The van der Waals surface area contributed by atoms with Gasteiger partial charge in [-0.3, -0.25) is 0 Å². The second kappa shape index (κ2) is 4.80. The molecular formula is C12H7Cl2N3S. The van der Waals surface area contributed by atoms with E-state index >= 15 is 0 Å². The highest BCUT2D eigenvalue weighted by Crippen LogP contribution is 2.34. The summed E-state index contributed by atoms with van der Waals surface area (Å²) in [6.07, 6.45) is 3.39. The van der Waals surface area contributed by atoms with Crippen molar-refractivity contribution in [1.82, 2.24) is 15.0 Å². The van der Waals surface area contributed by atoms with E-state index in [0.717, 1.165) is 21.0 Å². The molecule has 1 aromatic carbocycles. The van der Waals surface area contributed by atoms with Crippen LogP contribution in [0, 0.1) is 0 Å². The summed E-state index contributed by atoms with van der Waals surface area (Å²) in [4.78, 5) is 12.5. The number of aromatic amines is 1. The van der Waals surface area contributed by atoms with E-state index in [0.29, 0.717) is 10.0 Å². The molecule has 90 valence electrons. The number of H-pyrrole nitrogens is 1. The van der Waals surface area contributed by atoms with Gasteiger partial charge in [-0.2, -0.15) is 0 Å². The van der Waals surface area contributed by atoms with Crippen LogP contribution in [0.15, 0.2) is 46.7 Å². The van der Waals surface area contributed by atoms with E-state index in [-0.39, 0.29) is 0 Å². The Kier molecular flexibility index (Phi) is 3.16. The average Bonchev–Trinajstić information content (AvgIpc) is 2.83. The van der Waals surface area contributed by atoms with Crippen molar-refractivity contribution in [3.63, 3.8) is 0 Å². The monoisotopic (exact) mass is 295 g/mol. The van der Waals surface area contributed by atoms with Gasteiger partial charge in [0.05, 0.1) is 15.4 Å². The summed E-state index contributed by atoms with van der Waals surface area (Å²) in [6.45, 7) is 0. The first-order chi connectivity index (χ1) is 8.74. The van der Waals surface area contributed by atoms with E-state index in [1.165, 1.54) is 11.8 Å². The maximum atomic E-state index is 5.99. The van der Waals surface area contributed by atoms with E-state index in [1.807, 2.05) is 24.4 Å². The predicted octanol–water partition coefficient (Wildman–Crippen LogP) is 4.42. The van der Waals surface area contributed by atoms with E-state index in [4.69, 9.17) is 23.2 Å². The molecule has 0 bridgehead atoms. The fraction of sp³-hybridized carbons (Fsp3) is 0. The Labute approximate surface area is 118 Å². The zero-order chi connectivity index (χ0) is 12.5. The van der Waals surface area contributed by atoms with Crippen molar-refractivity contribution in [2.24, 2.45) is 0 Å². The van der Waals surface area contributed by atoms with E-state index in [2.05, 4.69) is 15.0 Å². The highest BCUT2D eigenvalue weighted by molar-refractivity contribution is 7.99. The highest BCUT2D eigenvalue weighted by atomic mass is 35.5. The quantitative estimate of drug-likeness (QED) is 0.712. The van der Waals surface area contributed by atoms with Crippen LogP contribution in [-0.4, -0.2) is 15.0 Å². The van der Waals surface area contributed by atoms with Crippen LogP contribution < -0.4 is 0 Å². The molecule has 0 radical (unpaired) electrons. The molecule has 0 atom stereocenters. The first kappa shape index (κ1) is 11.8. The summed E-state index contributed by atoms with van der Waals surface area (Å²) in [6, 6.07) is 7.48. The van der Waals surface area contributed by atoms with Gasteiger partial charge in [0.25, 0.3) is 0 Å². The van der Waals surface area contributed by atoms with Gasteiger partial charge in [-0.05, 0) is 24.3 Å². The summed E-state index contributed by atoms with van der Waals surface area (Å²) in [5.74, 6) is 0. The van der Waals surface area contributed by atoms with Crippen LogP contribution in [0.5, 0.6) is 0 Å². The SMILES string of the molecule is Clc1ccc(Sc2ncnc3[nH]ccc23)cc1Cl. The fourth-order valence-corrected chi connectivity index (χ4v) is 2.86. The normalized spacial score (nSPS) is 11.0. The van der Waals surface area contributed by atoms with Gasteiger partial charge < -0.3 is 4.98 Å². The minimum absolute atomic E-state index is 0.543. The molecular weight excluding hydrogens is 289 g/mol. The van der Waals surface area contributed by atoms with E-state index < -0.39 is 0 Å². The molecule has 0 aliphatic heterocycles. The Hall–Kier alpha value is -1.23. The third kappa shape index (κ3) is 2.19. The maximum Gasteiger partial charge on any atom is 0.141 e. The average molecular weight is 296 g/mol. The third-order valence-electron chi connectivity index (χ3n) is 2.42. The van der Waals surface area contributed by atoms with Gasteiger partial charge in [0.2, 0.25) is 0 Å². The molecule has 2 heterocycles. The molecule has 0 saturated heterocycles. The molecule has 0 aliphatic rings. The molecule has 0 unspecified atom stereocenters. The Bertz CT molecular complexity index is 711. The molecule has 0 fully saturated rings. The van der Waals surface area contributed by atoms with E-state index in [9.17, 15) is 0 Å². The molecule has 3 rings (SSSR count). The van der Waals surface area contributed by atoms with Crippen LogP contribution in [0.2, 0.25) is 10.0 Å². The second-order valence-electron chi connectivity index (χ2n) is 3.60. The Morgan fingerprint density at radius 3 is 2.78 bits per heavy atom. The van der Waals surface area contributed by atoms with Gasteiger partial charge >= 0.3 is 0 Å². The second-order valence-corrected chi connectivity index (χ2v) is 5.47. The standard InChI is InChI=1S/C12H7Cl2N3S/c13-9-2-1-7(5-10(9)14)18-12-8-3-4-15-11(8)16-6-17-12/h1-6H,(H,15,16,17). The minimum atomic E-state index is 0.543. The number of aromatic nitrogens is 3. The number of nitrogens with one attached hydrogen (secondary N) is 1. The van der Waals surface area contributed by atoms with Crippen LogP contribution in [0.1, 0.15) is 0 Å². The van der Waals surface area contributed by atoms with Crippen molar-refractivity contribution < 1.29 is 0 Å². The summed E-state index contributed by atoms with van der Waals surface area (Å²) in [7, 11) is 0. The number of benzene rings is 1. The smallest absolute Gasteiger partial charge is 0.141 e. The summed E-state index contributed by atoms with van der Waals surface area (Å²) in [5.41, 5.74) is 0.826. The number of rotatable bonds is 2. The molecule has 0 aliphatic carbocycles. The lowest BCUT2D eigenvalue weighted by Gasteiger charge is -2.03. The highest BCUT2D eigenvalue weighted by Gasteiger charge is 2.07. The number of fused-ring (bicyclic) bond motifs is 1. The molecule has 3 nitrogen and oxygen atoms in total. The molecule has 2 aromatic heterocycles. The molecule has 0 amide bonds. The van der Waals surface area contributed by atoms with Gasteiger partial charge in [0.1, 0.15) is 17.0 Å². The van der Waals surface area contributed by atoms with Gasteiger partial charge in [-0.1, -0.05) is 35.0 Å². The van der Waals surface area contributed by atoms with E-state index in [1.54, 1.807) is 12.4 Å². The number of nitrogens with zero attached hydrogens (tertiary/aromatic N) is 2. The summed E-state index contributed by atoms with van der Waals surface area (Å²) >= 11 is 13.4. The van der Waals surface area contributed by atoms with Crippen LogP contribution in [0.3, 0.4) is 0 Å². The minimum Gasteiger partial charge on any atom is -0.346 e. The number of hydrogen-bond donors (Lipinski definition) is 1. The number of hydrogen-bond acceptors (Lipinski definition) is 3. The molecule has 3 aromatic rings. The first-order valence-corrected chi connectivity index (χ1v) is 6.72. The zero-order valence-electron chi connectivity index (χ0n) is 9.02. The largest absolute Gasteiger partial charge is 0.346 e. The van der Waals surface area contributed by atoms with Crippen molar-refractivity contribution in [2.75, 3.05) is 0 Å². The van der Waals surface area contributed by atoms with Crippen molar-refractivity contribution in [1.29, 1.82) is 0 Å². The fourth-order valence-electron chi connectivity index (χ4n) is 1.58. The predicted molar refractivity (Wildman–Crippen MR) is 74.5 cm³/mol. The van der Waals surface area contributed by atoms with Gasteiger partial charge in [-0.25, -0.2) is 9.97 Å². The summed E-state index contributed by atoms with van der Waals surface area (Å²) in [5, 5.41) is 2.98. The van der Waals surface area contributed by atoms with Gasteiger partial charge in [0, 0.05) is 11.1 Å². The van der Waals surface area contributed by atoms with Crippen LogP contribution in [-0.2, 0) is 0 Å². The van der Waals surface area contributed by atoms with Crippen LogP contribution in [0.25, 0.3) is 11.0 Å². The molecule has 0 saturated carbocycles. The van der Waals surface area contributed by atoms with Gasteiger partial charge in [0.15, 0.2) is 0 Å². The molecule has 6 heteroatoms. The van der Waals surface area contributed by atoms with Crippen LogP contribution >= 0.6 is 35.0 Å². The zero-order valence-corrected chi connectivity index (χ0v) is 11.4. The third-order valence-corrected chi connectivity index (χ3v) is 4.17. The Balaban J connectivity index is 2.01. The Morgan fingerprint density at radius 1 is 1.06 bits per heavy atom. The Morgan fingerprint density at radius 2 is 1.94 bits per heavy atom. The molecule has 1 N–H and O–H groups in total. The van der Waals surface area contributed by atoms with Crippen molar-refractivity contribution in [3.05, 3.63) is 46.8 Å². The molecule has 0 spiro atoms. The first-order valence-electron chi connectivity index (χ1n) is 5.15.